The number of aromatic nitrogens is 4. The Kier molecular flexibility index (Phi) is 7.18. The van der Waals surface area contributed by atoms with Crippen LogP contribution in [0.3, 0.4) is 0 Å². The van der Waals surface area contributed by atoms with E-state index in [-0.39, 0.29) is 6.61 Å². The zero-order valence-corrected chi connectivity index (χ0v) is 20.6. The zero-order valence-electron chi connectivity index (χ0n) is 20.6. The average Bonchev–Trinajstić information content (AvgIpc) is 3.17. The van der Waals surface area contributed by atoms with E-state index in [4.69, 9.17) is 20.4 Å². The van der Waals surface area contributed by atoms with Crippen molar-refractivity contribution in [2.75, 3.05) is 31.1 Å². The summed E-state index contributed by atoms with van der Waals surface area (Å²) >= 11 is 0. The number of piperidine rings is 1. The number of nitrogens with zero attached hydrogens (tertiary/aromatic N) is 6. The third-order valence-electron chi connectivity index (χ3n) is 6.42. The minimum atomic E-state index is -5.08. The summed E-state index contributed by atoms with van der Waals surface area (Å²) in [4.78, 5) is 20.4. The van der Waals surface area contributed by atoms with Crippen LogP contribution in [0.1, 0.15) is 19.4 Å². The molecule has 0 aromatic carbocycles. The lowest BCUT2D eigenvalue weighted by molar-refractivity contribution is -0.192. The summed E-state index contributed by atoms with van der Waals surface area (Å²) in [5, 5.41) is 30.9. The van der Waals surface area contributed by atoms with Crippen molar-refractivity contribution in [1.82, 2.24) is 19.6 Å². The predicted molar refractivity (Wildman–Crippen MR) is 128 cm³/mol. The third kappa shape index (κ3) is 5.79. The Morgan fingerprint density at radius 2 is 1.89 bits per heavy atom. The van der Waals surface area contributed by atoms with Crippen LogP contribution < -0.4 is 15.4 Å². The Labute approximate surface area is 215 Å². The van der Waals surface area contributed by atoms with Gasteiger partial charge in [-0.3, -0.25) is 4.98 Å². The first-order valence-electron chi connectivity index (χ1n) is 11.7. The number of anilines is 1. The van der Waals surface area contributed by atoms with Gasteiger partial charge >= 0.3 is 12.1 Å². The standard InChI is InChI=1S/C22H25N7O2.C2HF3O2/c1-22(2,30)12-31-14-3-15(21-13(4-23)6-27-29(21)9-14)19-7-26-20(8-25-19)28-10-17-16(5-24)18(17)11-28;3-2(4,5)1(6)7/h3,6-9,16-18,30H,5,10-12,24H2,1-2H3;(H,6,7)/t16?,17-,18+;. The van der Waals surface area contributed by atoms with E-state index in [0.29, 0.717) is 45.8 Å². The molecule has 202 valence electrons. The van der Waals surface area contributed by atoms with E-state index in [1.165, 1.54) is 6.20 Å². The monoisotopic (exact) mass is 533 g/mol. The van der Waals surface area contributed by atoms with Gasteiger partial charge in [-0.25, -0.2) is 14.3 Å². The lowest BCUT2D eigenvalue weighted by atomic mass is 10.1. The van der Waals surface area contributed by atoms with Gasteiger partial charge in [0.15, 0.2) is 0 Å². The Morgan fingerprint density at radius 1 is 1.24 bits per heavy atom. The number of hydrogen-bond acceptors (Lipinski definition) is 9. The van der Waals surface area contributed by atoms with Crippen molar-refractivity contribution in [2.24, 2.45) is 23.5 Å². The smallest absolute Gasteiger partial charge is 0.489 e. The van der Waals surface area contributed by atoms with Gasteiger partial charge in [0.25, 0.3) is 0 Å². The highest BCUT2D eigenvalue weighted by atomic mass is 19.4. The second kappa shape index (κ2) is 10.1. The number of carboxylic acid groups (broad SMARTS) is 1. The van der Waals surface area contributed by atoms with Crippen LogP contribution >= 0.6 is 0 Å². The summed E-state index contributed by atoms with van der Waals surface area (Å²) < 4.78 is 39.1. The predicted octanol–water partition coefficient (Wildman–Crippen LogP) is 2.09. The molecule has 4 N–H and O–H groups in total. The lowest BCUT2D eigenvalue weighted by Gasteiger charge is -2.20. The van der Waals surface area contributed by atoms with Gasteiger partial charge in [0.05, 0.1) is 47.2 Å². The molecule has 0 radical (unpaired) electrons. The van der Waals surface area contributed by atoms with Crippen LogP contribution in [0.2, 0.25) is 0 Å². The number of alkyl halides is 3. The molecule has 38 heavy (non-hydrogen) atoms. The highest BCUT2D eigenvalue weighted by Gasteiger charge is 2.54. The molecule has 4 heterocycles. The molecule has 0 bridgehead atoms. The summed E-state index contributed by atoms with van der Waals surface area (Å²) in [6.07, 6.45) is 1.63. The summed E-state index contributed by atoms with van der Waals surface area (Å²) in [6.45, 7) is 6.20. The van der Waals surface area contributed by atoms with E-state index >= 15 is 0 Å². The third-order valence-corrected chi connectivity index (χ3v) is 6.42. The molecule has 5 rings (SSSR count). The van der Waals surface area contributed by atoms with Crippen molar-refractivity contribution in [2.45, 2.75) is 25.6 Å². The number of hydrogen-bond donors (Lipinski definition) is 3. The highest BCUT2D eigenvalue weighted by Crippen LogP contribution is 2.51. The van der Waals surface area contributed by atoms with Gasteiger partial charge in [0, 0.05) is 18.7 Å². The fourth-order valence-corrected chi connectivity index (χ4v) is 4.52. The number of carbonyl (C=O) groups is 1. The molecule has 3 aromatic rings. The van der Waals surface area contributed by atoms with E-state index in [2.05, 4.69) is 26.0 Å². The first kappa shape index (κ1) is 27.1. The SMILES string of the molecule is CC(C)(O)COc1cc(-c2cnc(N3C[C@@H]4C(CN)[C@@H]4C3)cn2)c2c(C#N)cnn2c1.O=C(O)C(F)(F)F. The minimum Gasteiger partial charge on any atom is -0.489 e. The van der Waals surface area contributed by atoms with Gasteiger partial charge in [-0.2, -0.15) is 23.5 Å². The van der Waals surface area contributed by atoms with Crippen LogP contribution in [0.4, 0.5) is 19.0 Å². The molecule has 2 aliphatic rings. The first-order chi connectivity index (χ1) is 17.8. The number of halogens is 3. The summed E-state index contributed by atoms with van der Waals surface area (Å²) in [5.41, 5.74) is 7.26. The topological polar surface area (TPSA) is 163 Å². The maximum atomic E-state index is 10.6. The summed E-state index contributed by atoms with van der Waals surface area (Å²) in [6, 6.07) is 3.99. The van der Waals surface area contributed by atoms with Crippen LogP contribution in [0, 0.1) is 29.1 Å². The normalized spacial score (nSPS) is 20.4. The number of pyridine rings is 1. The zero-order chi connectivity index (χ0) is 27.8. The molecule has 14 heteroatoms. The van der Waals surface area contributed by atoms with Crippen molar-refractivity contribution in [1.29, 1.82) is 5.26 Å². The Hall–Kier alpha value is -3.96. The summed E-state index contributed by atoms with van der Waals surface area (Å²) in [7, 11) is 0. The van der Waals surface area contributed by atoms with Crippen molar-refractivity contribution in [3.63, 3.8) is 0 Å². The first-order valence-corrected chi connectivity index (χ1v) is 11.7. The molecule has 3 atom stereocenters. The van der Waals surface area contributed by atoms with Crippen molar-refractivity contribution in [3.8, 4) is 23.1 Å². The van der Waals surface area contributed by atoms with Crippen molar-refractivity contribution >= 4 is 17.3 Å². The van der Waals surface area contributed by atoms with Crippen molar-refractivity contribution in [3.05, 3.63) is 36.4 Å². The minimum absolute atomic E-state index is 0.121. The van der Waals surface area contributed by atoms with E-state index in [1.54, 1.807) is 37.0 Å². The molecular weight excluding hydrogens is 507 g/mol. The molecule has 1 saturated heterocycles. The van der Waals surface area contributed by atoms with E-state index in [1.807, 2.05) is 6.07 Å². The molecule has 1 unspecified atom stereocenters. The number of fused-ring (bicyclic) bond motifs is 2. The van der Waals surface area contributed by atoms with Crippen LogP contribution in [-0.2, 0) is 4.79 Å². The number of nitrogens with two attached hydrogens (primary N) is 1. The number of carboxylic acids is 1. The maximum absolute atomic E-state index is 10.6. The van der Waals surface area contributed by atoms with Crippen LogP contribution in [0.25, 0.3) is 16.8 Å². The second-order valence-electron chi connectivity index (χ2n) is 9.85. The van der Waals surface area contributed by atoms with Gasteiger partial charge in [-0.1, -0.05) is 0 Å². The van der Waals surface area contributed by atoms with Crippen molar-refractivity contribution < 1.29 is 32.9 Å². The largest absolute Gasteiger partial charge is 0.490 e. The Bertz CT molecular complexity index is 1350. The fraction of sp³-hybridized carbons (Fsp3) is 0.458. The molecule has 0 amide bonds. The van der Waals surface area contributed by atoms with Gasteiger partial charge < -0.3 is 25.6 Å². The molecule has 0 spiro atoms. The van der Waals surface area contributed by atoms with Gasteiger partial charge in [-0.15, -0.1) is 0 Å². The van der Waals surface area contributed by atoms with Gasteiger partial charge in [0.2, 0.25) is 0 Å². The van der Waals surface area contributed by atoms with Crippen LogP contribution in [-0.4, -0.2) is 73.8 Å². The number of rotatable bonds is 6. The molecule has 11 nitrogen and oxygen atoms in total. The lowest BCUT2D eigenvalue weighted by Crippen LogP contribution is -2.28. The number of aliphatic carboxylic acids is 1. The quantitative estimate of drug-likeness (QED) is 0.428. The van der Waals surface area contributed by atoms with Crippen LogP contribution in [0.15, 0.2) is 30.9 Å². The Balaban J connectivity index is 0.000000426. The van der Waals surface area contributed by atoms with Gasteiger partial charge in [0.1, 0.15) is 24.2 Å². The van der Waals surface area contributed by atoms with Crippen LogP contribution in [0.5, 0.6) is 5.75 Å². The molecule has 3 aromatic heterocycles. The second-order valence-corrected chi connectivity index (χ2v) is 9.85. The van der Waals surface area contributed by atoms with E-state index < -0.39 is 17.7 Å². The highest BCUT2D eigenvalue weighted by molar-refractivity contribution is 5.83. The van der Waals surface area contributed by atoms with E-state index in [9.17, 15) is 23.5 Å². The molecule has 1 aliphatic heterocycles. The van der Waals surface area contributed by atoms with E-state index in [0.717, 1.165) is 25.5 Å². The molecule has 2 fully saturated rings. The summed E-state index contributed by atoms with van der Waals surface area (Å²) in [5.74, 6) is 0.644. The fourth-order valence-electron chi connectivity index (χ4n) is 4.52. The Morgan fingerprint density at radius 3 is 2.39 bits per heavy atom. The molecule has 1 aliphatic carbocycles. The number of ether oxygens (including phenoxy) is 1. The molecular formula is C24H26F3N7O4. The number of aliphatic hydroxyl groups is 1. The maximum Gasteiger partial charge on any atom is 0.490 e. The van der Waals surface area contributed by atoms with Gasteiger partial charge in [-0.05, 0) is 44.2 Å². The number of nitriles is 1. The average molecular weight is 534 g/mol. The molecule has 1 saturated carbocycles.